The number of methoxy groups -OCH3 is 1. The van der Waals surface area contributed by atoms with E-state index >= 15 is 0 Å². The van der Waals surface area contributed by atoms with E-state index in [2.05, 4.69) is 15.3 Å². The maximum Gasteiger partial charge on any atom is 0.427 e. The van der Waals surface area contributed by atoms with E-state index in [1.807, 2.05) is 19.1 Å². The smallest absolute Gasteiger partial charge is 0.427 e. The number of carbonyl (C=O) groups excluding carboxylic acids is 1. The van der Waals surface area contributed by atoms with Crippen LogP contribution >= 0.6 is 23.2 Å². The van der Waals surface area contributed by atoms with Gasteiger partial charge in [-0.2, -0.15) is 5.10 Å². The van der Waals surface area contributed by atoms with Gasteiger partial charge in [-0.1, -0.05) is 23.2 Å². The molecule has 0 aromatic heterocycles. The first-order chi connectivity index (χ1) is 14.0. The van der Waals surface area contributed by atoms with Gasteiger partial charge in [0.2, 0.25) is 0 Å². The van der Waals surface area contributed by atoms with Gasteiger partial charge in [0.25, 0.3) is 0 Å². The average molecular weight is 441 g/mol. The van der Waals surface area contributed by atoms with Crippen molar-refractivity contribution < 1.29 is 23.7 Å². The Morgan fingerprint density at radius 3 is 2.52 bits per heavy atom. The van der Waals surface area contributed by atoms with Crippen molar-refractivity contribution in [2.24, 2.45) is 5.10 Å². The predicted molar refractivity (Wildman–Crippen MR) is 113 cm³/mol. The Morgan fingerprint density at radius 1 is 1.10 bits per heavy atom. The second kappa shape index (κ2) is 12.0. The molecule has 0 spiro atoms. The van der Waals surface area contributed by atoms with Gasteiger partial charge in [-0.3, -0.25) is 0 Å². The number of hydrogen-bond acceptors (Lipinski definition) is 6. The first kappa shape index (κ1) is 22.6. The molecule has 0 radical (unpaired) electrons. The van der Waals surface area contributed by atoms with Crippen molar-refractivity contribution >= 4 is 35.5 Å². The normalized spacial score (nSPS) is 10.6. The summed E-state index contributed by atoms with van der Waals surface area (Å²) >= 11 is 12.2. The van der Waals surface area contributed by atoms with E-state index in [0.29, 0.717) is 53.3 Å². The molecule has 9 heteroatoms. The number of ether oxygens (including phenoxy) is 4. The fourth-order valence-corrected chi connectivity index (χ4v) is 2.62. The highest BCUT2D eigenvalue weighted by molar-refractivity contribution is 6.32. The maximum absolute atomic E-state index is 11.0. The summed E-state index contributed by atoms with van der Waals surface area (Å²) in [5.74, 6) is 1.67. The summed E-state index contributed by atoms with van der Waals surface area (Å²) in [6.07, 6.45) is 1.41. The molecule has 0 saturated carbocycles. The minimum atomic E-state index is -0.668. The number of carbonyl (C=O) groups is 1. The Hall–Kier alpha value is -2.64. The van der Waals surface area contributed by atoms with Crippen molar-refractivity contribution in [2.45, 2.75) is 13.3 Å². The highest BCUT2D eigenvalue weighted by Gasteiger charge is 2.12. The molecule has 1 N–H and O–H groups in total. The third kappa shape index (κ3) is 7.71. The number of nitrogens with zero attached hydrogens (tertiary/aromatic N) is 1. The van der Waals surface area contributed by atoms with Crippen molar-refractivity contribution in [2.75, 3.05) is 26.9 Å². The monoisotopic (exact) mass is 440 g/mol. The van der Waals surface area contributed by atoms with Crippen LogP contribution in [-0.4, -0.2) is 39.2 Å². The Balaban J connectivity index is 1.92. The van der Waals surface area contributed by atoms with E-state index in [1.165, 1.54) is 13.3 Å². The molecule has 0 saturated heterocycles. The van der Waals surface area contributed by atoms with Gasteiger partial charge in [-0.25, -0.2) is 10.2 Å². The SMILES string of the molecule is CCOc1cc(C=NNC(=O)OC)cc(Cl)c1OCCCOc1ccc(Cl)cc1. The van der Waals surface area contributed by atoms with Crippen LogP contribution in [0.15, 0.2) is 41.5 Å². The Morgan fingerprint density at radius 2 is 1.83 bits per heavy atom. The summed E-state index contributed by atoms with van der Waals surface area (Å²) in [5, 5.41) is 4.81. The van der Waals surface area contributed by atoms with Crippen molar-refractivity contribution in [3.8, 4) is 17.2 Å². The van der Waals surface area contributed by atoms with E-state index in [0.717, 1.165) is 5.75 Å². The largest absolute Gasteiger partial charge is 0.493 e. The van der Waals surface area contributed by atoms with Gasteiger partial charge in [0.15, 0.2) is 11.5 Å². The summed E-state index contributed by atoms with van der Waals surface area (Å²) < 4.78 is 21.5. The van der Waals surface area contributed by atoms with Crippen molar-refractivity contribution in [3.63, 3.8) is 0 Å². The number of benzene rings is 2. The highest BCUT2D eigenvalue weighted by Crippen LogP contribution is 2.36. The molecule has 29 heavy (non-hydrogen) atoms. The molecule has 0 aliphatic heterocycles. The Kier molecular flexibility index (Phi) is 9.40. The molecule has 0 fully saturated rings. The molecule has 156 valence electrons. The number of rotatable bonds is 10. The second-order valence-electron chi connectivity index (χ2n) is 5.63. The molecule has 0 unspecified atom stereocenters. The first-order valence-corrected chi connectivity index (χ1v) is 9.63. The first-order valence-electron chi connectivity index (χ1n) is 8.88. The lowest BCUT2D eigenvalue weighted by Crippen LogP contribution is -2.16. The molecule has 7 nitrogen and oxygen atoms in total. The van der Waals surface area contributed by atoms with Gasteiger partial charge in [0, 0.05) is 11.4 Å². The highest BCUT2D eigenvalue weighted by atomic mass is 35.5. The average Bonchev–Trinajstić information content (AvgIpc) is 2.71. The number of amides is 1. The van der Waals surface area contributed by atoms with Crippen LogP contribution in [0.1, 0.15) is 18.9 Å². The summed E-state index contributed by atoms with van der Waals surface area (Å²) in [6, 6.07) is 10.5. The lowest BCUT2D eigenvalue weighted by atomic mass is 10.2. The van der Waals surface area contributed by atoms with Crippen molar-refractivity contribution in [3.05, 3.63) is 52.0 Å². The van der Waals surface area contributed by atoms with Crippen LogP contribution in [0.5, 0.6) is 17.2 Å². The Labute approximate surface area is 179 Å². The second-order valence-corrected chi connectivity index (χ2v) is 6.47. The van der Waals surface area contributed by atoms with Crippen LogP contribution in [0.2, 0.25) is 10.0 Å². The van der Waals surface area contributed by atoms with E-state index < -0.39 is 6.09 Å². The number of halogens is 2. The van der Waals surface area contributed by atoms with Crippen molar-refractivity contribution in [1.82, 2.24) is 5.43 Å². The third-order valence-corrected chi connectivity index (χ3v) is 4.04. The Bertz CT molecular complexity index is 828. The topological polar surface area (TPSA) is 78.4 Å². The van der Waals surface area contributed by atoms with Crippen LogP contribution in [0.3, 0.4) is 0 Å². The summed E-state index contributed by atoms with van der Waals surface area (Å²) in [7, 11) is 1.25. The quantitative estimate of drug-likeness (QED) is 0.321. The lowest BCUT2D eigenvalue weighted by Gasteiger charge is -2.14. The van der Waals surface area contributed by atoms with E-state index in [-0.39, 0.29) is 0 Å². The molecule has 0 aliphatic carbocycles. The molecular weight excluding hydrogens is 419 g/mol. The molecule has 2 rings (SSSR count). The van der Waals surface area contributed by atoms with Crippen molar-refractivity contribution in [1.29, 1.82) is 0 Å². The molecule has 0 heterocycles. The van der Waals surface area contributed by atoms with E-state index in [4.69, 9.17) is 37.4 Å². The van der Waals surface area contributed by atoms with Gasteiger partial charge < -0.3 is 18.9 Å². The fourth-order valence-electron chi connectivity index (χ4n) is 2.22. The molecule has 1 amide bonds. The zero-order valence-electron chi connectivity index (χ0n) is 16.1. The molecular formula is C20H22Cl2N2O5. The number of hydrogen-bond donors (Lipinski definition) is 1. The van der Waals surface area contributed by atoms with Crippen LogP contribution < -0.4 is 19.6 Å². The molecule has 0 bridgehead atoms. The van der Waals surface area contributed by atoms with Gasteiger partial charge >= 0.3 is 6.09 Å². The predicted octanol–water partition coefficient (Wildman–Crippen LogP) is 4.93. The van der Waals surface area contributed by atoms with E-state index in [1.54, 1.807) is 24.3 Å². The van der Waals surface area contributed by atoms with Crippen LogP contribution in [0, 0.1) is 0 Å². The third-order valence-electron chi connectivity index (χ3n) is 3.50. The zero-order valence-corrected chi connectivity index (χ0v) is 17.6. The zero-order chi connectivity index (χ0) is 21.1. The van der Waals surface area contributed by atoms with Gasteiger partial charge in [0.1, 0.15) is 5.75 Å². The van der Waals surface area contributed by atoms with Gasteiger partial charge in [-0.15, -0.1) is 0 Å². The standard InChI is InChI=1S/C20H22Cl2N2O5/c1-3-27-18-12-14(13-23-24-20(25)26-2)11-17(22)19(18)29-10-4-9-28-16-7-5-15(21)6-8-16/h5-8,11-13H,3-4,9-10H2,1-2H3,(H,24,25). The number of nitrogens with one attached hydrogen (secondary N) is 1. The molecule has 2 aromatic carbocycles. The summed E-state index contributed by atoms with van der Waals surface area (Å²) in [6.45, 7) is 3.17. The minimum Gasteiger partial charge on any atom is -0.493 e. The fraction of sp³-hybridized carbons (Fsp3) is 0.300. The van der Waals surface area contributed by atoms with Crippen LogP contribution in [0.25, 0.3) is 0 Å². The summed E-state index contributed by atoms with van der Waals surface area (Å²) in [4.78, 5) is 11.0. The molecule has 0 aliphatic rings. The molecule has 0 atom stereocenters. The maximum atomic E-state index is 11.0. The van der Waals surface area contributed by atoms with Crippen LogP contribution in [0.4, 0.5) is 4.79 Å². The van der Waals surface area contributed by atoms with Gasteiger partial charge in [-0.05, 0) is 48.9 Å². The summed E-state index contributed by atoms with van der Waals surface area (Å²) in [5.41, 5.74) is 2.84. The minimum absolute atomic E-state index is 0.370. The van der Waals surface area contributed by atoms with Crippen LogP contribution in [-0.2, 0) is 4.74 Å². The lowest BCUT2D eigenvalue weighted by molar-refractivity contribution is 0.171. The molecule has 2 aromatic rings. The van der Waals surface area contributed by atoms with E-state index in [9.17, 15) is 4.79 Å². The number of hydrazone groups is 1. The van der Waals surface area contributed by atoms with Gasteiger partial charge in [0.05, 0.1) is 38.2 Å².